The van der Waals surface area contributed by atoms with E-state index < -0.39 is 5.69 Å². The zero-order valence-corrected chi connectivity index (χ0v) is 12.7. The molecule has 7 heteroatoms. The fraction of sp³-hybridized carbons (Fsp3) is 0.500. The monoisotopic (exact) mass is 292 g/mol. The summed E-state index contributed by atoms with van der Waals surface area (Å²) in [5.74, 6) is 0. The highest BCUT2D eigenvalue weighted by Crippen LogP contribution is 2.22. The maximum absolute atomic E-state index is 12.4. The predicted molar refractivity (Wildman–Crippen MR) is 81.7 cm³/mol. The van der Waals surface area contributed by atoms with Gasteiger partial charge >= 0.3 is 5.69 Å². The first-order valence-electron chi connectivity index (χ1n) is 6.85. The molecule has 0 bridgehead atoms. The number of aromatic nitrogens is 3. The molecule has 114 valence electrons. The lowest BCUT2D eigenvalue weighted by atomic mass is 10.1. The Balaban J connectivity index is 2.84. The summed E-state index contributed by atoms with van der Waals surface area (Å²) >= 11 is 0. The summed E-state index contributed by atoms with van der Waals surface area (Å²) in [6.07, 6.45) is 2.33. The van der Waals surface area contributed by atoms with Crippen LogP contribution in [0.4, 0.5) is 5.69 Å². The third-order valence-electron chi connectivity index (χ3n) is 3.72. The van der Waals surface area contributed by atoms with Gasteiger partial charge in [0.05, 0.1) is 12.3 Å². The van der Waals surface area contributed by atoms with E-state index in [1.807, 2.05) is 13.8 Å². The second-order valence-electron chi connectivity index (χ2n) is 5.15. The summed E-state index contributed by atoms with van der Waals surface area (Å²) < 4.78 is 2.41. The van der Waals surface area contributed by atoms with Crippen LogP contribution in [-0.4, -0.2) is 31.9 Å². The number of nitrogens with zero attached hydrogens (tertiary/aromatic N) is 3. The standard InChI is InChI=1S/C14H20N4O3/c1-5-9(7-19)16-11-8(2)6-15-12-10(11)13(20)18(4)14(21)17(12)3/h6,9,19H,5,7H2,1-4H3,(H,15,16). The zero-order valence-electron chi connectivity index (χ0n) is 12.7. The Morgan fingerprint density at radius 2 is 2.00 bits per heavy atom. The molecule has 0 amide bonds. The second-order valence-corrected chi connectivity index (χ2v) is 5.15. The van der Waals surface area contributed by atoms with Gasteiger partial charge in [0.25, 0.3) is 5.56 Å². The number of nitrogens with one attached hydrogen (secondary N) is 1. The van der Waals surface area contributed by atoms with Crippen LogP contribution in [0.3, 0.4) is 0 Å². The van der Waals surface area contributed by atoms with Crippen molar-refractivity contribution < 1.29 is 5.11 Å². The Morgan fingerprint density at radius 3 is 2.57 bits per heavy atom. The summed E-state index contributed by atoms with van der Waals surface area (Å²) in [7, 11) is 3.03. The van der Waals surface area contributed by atoms with Crippen LogP contribution in [0.1, 0.15) is 18.9 Å². The van der Waals surface area contributed by atoms with Gasteiger partial charge in [-0.3, -0.25) is 13.9 Å². The van der Waals surface area contributed by atoms with Crippen molar-refractivity contribution in [2.24, 2.45) is 14.1 Å². The van der Waals surface area contributed by atoms with Crippen molar-refractivity contribution in [2.75, 3.05) is 11.9 Å². The molecule has 2 rings (SSSR count). The van der Waals surface area contributed by atoms with Gasteiger partial charge in [0.15, 0.2) is 5.65 Å². The molecule has 2 aromatic heterocycles. The molecule has 1 unspecified atom stereocenters. The van der Waals surface area contributed by atoms with Crippen LogP contribution in [0.5, 0.6) is 0 Å². The Kier molecular flexibility index (Phi) is 4.13. The number of rotatable bonds is 4. The van der Waals surface area contributed by atoms with Gasteiger partial charge in [-0.25, -0.2) is 9.78 Å². The third kappa shape index (κ3) is 2.44. The summed E-state index contributed by atoms with van der Waals surface area (Å²) in [6.45, 7) is 3.75. The quantitative estimate of drug-likeness (QED) is 0.835. The molecule has 0 aliphatic carbocycles. The van der Waals surface area contributed by atoms with Crippen molar-refractivity contribution >= 4 is 16.7 Å². The van der Waals surface area contributed by atoms with Crippen molar-refractivity contribution in [3.63, 3.8) is 0 Å². The zero-order chi connectivity index (χ0) is 15.7. The topological polar surface area (TPSA) is 89.2 Å². The van der Waals surface area contributed by atoms with E-state index in [1.54, 1.807) is 13.2 Å². The largest absolute Gasteiger partial charge is 0.394 e. The molecule has 0 radical (unpaired) electrons. The number of anilines is 1. The molecule has 0 saturated heterocycles. The molecule has 0 aromatic carbocycles. The van der Waals surface area contributed by atoms with E-state index in [-0.39, 0.29) is 18.2 Å². The maximum atomic E-state index is 12.4. The SMILES string of the molecule is CCC(CO)Nc1c(C)cnc2c1c(=O)n(C)c(=O)n2C. The highest BCUT2D eigenvalue weighted by Gasteiger charge is 2.17. The molecule has 0 fully saturated rings. The third-order valence-corrected chi connectivity index (χ3v) is 3.72. The molecule has 0 aliphatic rings. The first-order valence-corrected chi connectivity index (χ1v) is 6.85. The lowest BCUT2D eigenvalue weighted by Gasteiger charge is -2.19. The number of fused-ring (bicyclic) bond motifs is 1. The smallest absolute Gasteiger partial charge is 0.332 e. The first kappa shape index (κ1) is 15.2. The van der Waals surface area contributed by atoms with Gasteiger partial charge in [-0.05, 0) is 18.9 Å². The number of hydrogen-bond donors (Lipinski definition) is 2. The number of aliphatic hydroxyl groups excluding tert-OH is 1. The molecule has 0 spiro atoms. The van der Waals surface area contributed by atoms with Crippen molar-refractivity contribution in [1.29, 1.82) is 0 Å². The van der Waals surface area contributed by atoms with Crippen LogP contribution in [0.15, 0.2) is 15.8 Å². The van der Waals surface area contributed by atoms with Crippen LogP contribution in [0.2, 0.25) is 0 Å². The Morgan fingerprint density at radius 1 is 1.33 bits per heavy atom. The normalized spacial score (nSPS) is 12.6. The summed E-state index contributed by atoms with van der Waals surface area (Å²) in [5.41, 5.74) is 0.954. The van der Waals surface area contributed by atoms with Gasteiger partial charge in [-0.15, -0.1) is 0 Å². The molecule has 2 aromatic rings. The lowest BCUT2D eigenvalue weighted by molar-refractivity contribution is 0.272. The molecule has 0 aliphatic heterocycles. The summed E-state index contributed by atoms with van der Waals surface area (Å²) in [6, 6.07) is -0.156. The van der Waals surface area contributed by atoms with Crippen LogP contribution in [0, 0.1) is 6.92 Å². The van der Waals surface area contributed by atoms with E-state index in [2.05, 4.69) is 10.3 Å². The van der Waals surface area contributed by atoms with Crippen molar-refractivity contribution in [3.8, 4) is 0 Å². The second kappa shape index (κ2) is 5.69. The van der Waals surface area contributed by atoms with Gasteiger partial charge in [-0.1, -0.05) is 6.92 Å². The maximum Gasteiger partial charge on any atom is 0.332 e. The van der Waals surface area contributed by atoms with Crippen molar-refractivity contribution in [2.45, 2.75) is 26.3 Å². The van der Waals surface area contributed by atoms with Crippen LogP contribution in [-0.2, 0) is 14.1 Å². The average Bonchev–Trinajstić information content (AvgIpc) is 2.49. The molecule has 1 atom stereocenters. The minimum atomic E-state index is -0.413. The summed E-state index contributed by atoms with van der Waals surface area (Å²) in [5, 5.41) is 12.9. The van der Waals surface area contributed by atoms with Gasteiger partial charge in [-0.2, -0.15) is 0 Å². The Labute approximate surface area is 121 Å². The Hall–Kier alpha value is -2.15. The molecular weight excluding hydrogens is 272 g/mol. The number of aryl methyl sites for hydroxylation is 2. The minimum Gasteiger partial charge on any atom is -0.394 e. The predicted octanol–water partition coefficient (Wildman–Crippen LogP) is 0.123. The van der Waals surface area contributed by atoms with E-state index in [9.17, 15) is 14.7 Å². The Bertz CT molecular complexity index is 787. The van der Waals surface area contributed by atoms with E-state index in [0.29, 0.717) is 23.1 Å². The van der Waals surface area contributed by atoms with Gasteiger partial charge in [0, 0.05) is 26.3 Å². The fourth-order valence-corrected chi connectivity index (χ4v) is 2.29. The molecule has 2 heterocycles. The number of hydrogen-bond acceptors (Lipinski definition) is 5. The first-order chi connectivity index (χ1) is 9.92. The van der Waals surface area contributed by atoms with E-state index in [1.165, 1.54) is 11.6 Å². The van der Waals surface area contributed by atoms with Gasteiger partial charge < -0.3 is 10.4 Å². The van der Waals surface area contributed by atoms with Gasteiger partial charge in [0.2, 0.25) is 0 Å². The van der Waals surface area contributed by atoms with E-state index in [4.69, 9.17) is 0 Å². The summed E-state index contributed by atoms with van der Waals surface area (Å²) in [4.78, 5) is 28.6. The van der Waals surface area contributed by atoms with Crippen LogP contribution < -0.4 is 16.6 Å². The van der Waals surface area contributed by atoms with Crippen LogP contribution >= 0.6 is 0 Å². The molecular formula is C14H20N4O3. The molecule has 7 nitrogen and oxygen atoms in total. The average molecular weight is 292 g/mol. The molecule has 21 heavy (non-hydrogen) atoms. The number of pyridine rings is 1. The highest BCUT2D eigenvalue weighted by atomic mass is 16.3. The van der Waals surface area contributed by atoms with Crippen molar-refractivity contribution in [3.05, 3.63) is 32.6 Å². The van der Waals surface area contributed by atoms with Gasteiger partial charge in [0.1, 0.15) is 5.39 Å². The lowest BCUT2D eigenvalue weighted by Crippen LogP contribution is -2.38. The molecule has 0 saturated carbocycles. The minimum absolute atomic E-state index is 0.0359. The van der Waals surface area contributed by atoms with E-state index in [0.717, 1.165) is 10.1 Å². The fourth-order valence-electron chi connectivity index (χ4n) is 2.29. The van der Waals surface area contributed by atoms with Crippen molar-refractivity contribution in [1.82, 2.24) is 14.1 Å². The van der Waals surface area contributed by atoms with E-state index >= 15 is 0 Å². The number of aliphatic hydroxyl groups is 1. The highest BCUT2D eigenvalue weighted by molar-refractivity contribution is 5.90. The van der Waals surface area contributed by atoms with Crippen LogP contribution in [0.25, 0.3) is 11.0 Å². The molecule has 2 N–H and O–H groups in total.